The molecule has 10 nitrogen and oxygen atoms in total. The fourth-order valence-corrected chi connectivity index (χ4v) is 6.69. The maximum atomic E-state index is 13.3. The summed E-state index contributed by atoms with van der Waals surface area (Å²) in [6.07, 6.45) is 0. The largest absolute Gasteiger partial charge is 0.398 e. The van der Waals surface area contributed by atoms with Crippen LogP contribution in [-0.2, 0) is 16.6 Å². The lowest BCUT2D eigenvalue weighted by atomic mass is 9.91. The summed E-state index contributed by atoms with van der Waals surface area (Å²) in [6, 6.07) is 15.6. The van der Waals surface area contributed by atoms with Gasteiger partial charge in [-0.05, 0) is 48.5 Å². The van der Waals surface area contributed by atoms with Crippen LogP contribution in [0.4, 0.5) is 5.69 Å². The van der Waals surface area contributed by atoms with Gasteiger partial charge in [0.2, 0.25) is 10.0 Å². The monoisotopic (exact) mass is 545 g/mol. The van der Waals surface area contributed by atoms with Gasteiger partial charge in [0, 0.05) is 53.9 Å². The third-order valence-corrected chi connectivity index (χ3v) is 9.37. The predicted octanol–water partition coefficient (Wildman–Crippen LogP) is 2.40. The smallest absolute Gasteiger partial charge is 0.261 e. The summed E-state index contributed by atoms with van der Waals surface area (Å²) in [5.74, 6) is -1.12. The number of nitrogens with one attached hydrogen (secondary N) is 2. The molecular formula is C28H27N5O5S. The van der Waals surface area contributed by atoms with Crippen LogP contribution < -0.4 is 11.1 Å². The Kier molecular flexibility index (Phi) is 6.03. The average molecular weight is 546 g/mol. The molecule has 0 bridgehead atoms. The van der Waals surface area contributed by atoms with Gasteiger partial charge in [-0.15, -0.1) is 0 Å². The number of piperazine rings is 1. The molecule has 0 atom stereocenters. The number of imide groups is 1. The number of nitrogens with two attached hydrogens (primary N) is 1. The zero-order valence-electron chi connectivity index (χ0n) is 21.2. The number of amides is 2. The van der Waals surface area contributed by atoms with Gasteiger partial charge < -0.3 is 20.7 Å². The molecule has 1 fully saturated rings. The number of aromatic amines is 1. The number of hydrogen-bond donors (Lipinski definition) is 4. The number of anilines is 1. The molecule has 0 unspecified atom stereocenters. The van der Waals surface area contributed by atoms with E-state index in [4.69, 9.17) is 5.73 Å². The van der Waals surface area contributed by atoms with Crippen LogP contribution in [0.15, 0.2) is 59.5 Å². The van der Waals surface area contributed by atoms with Crippen LogP contribution in [0.2, 0.25) is 0 Å². The molecule has 0 aliphatic carbocycles. The second-order valence-corrected chi connectivity index (χ2v) is 11.9. The highest BCUT2D eigenvalue weighted by atomic mass is 32.2. The van der Waals surface area contributed by atoms with Crippen LogP contribution in [0, 0.1) is 0 Å². The summed E-state index contributed by atoms with van der Waals surface area (Å²) in [7, 11) is -1.70. The Bertz CT molecular complexity index is 1750. The van der Waals surface area contributed by atoms with Crippen molar-refractivity contribution in [2.24, 2.45) is 0 Å². The number of rotatable bonds is 5. The maximum Gasteiger partial charge on any atom is 0.261 e. The van der Waals surface area contributed by atoms with Crippen molar-refractivity contribution in [3.8, 4) is 22.4 Å². The van der Waals surface area contributed by atoms with Gasteiger partial charge >= 0.3 is 0 Å². The normalized spacial score (nSPS) is 16.6. The average Bonchev–Trinajstić information content (AvgIpc) is 3.49. The minimum atomic E-state index is -3.66. The molecule has 1 saturated heterocycles. The van der Waals surface area contributed by atoms with Gasteiger partial charge in [0.1, 0.15) is 0 Å². The lowest BCUT2D eigenvalue weighted by molar-refractivity contribution is 0.0880. The molecule has 1 aromatic heterocycles. The van der Waals surface area contributed by atoms with E-state index in [0.29, 0.717) is 53.9 Å². The van der Waals surface area contributed by atoms with Crippen molar-refractivity contribution < 1.29 is 23.1 Å². The van der Waals surface area contributed by atoms with Crippen molar-refractivity contribution in [2.75, 3.05) is 39.0 Å². The van der Waals surface area contributed by atoms with E-state index in [1.807, 2.05) is 7.05 Å². The summed E-state index contributed by atoms with van der Waals surface area (Å²) in [6.45, 7) is 2.09. The lowest BCUT2D eigenvalue weighted by Crippen LogP contribution is -2.46. The Morgan fingerprint density at radius 1 is 0.897 bits per heavy atom. The third kappa shape index (κ3) is 4.20. The molecule has 3 aromatic carbocycles. The van der Waals surface area contributed by atoms with Crippen molar-refractivity contribution in [1.29, 1.82) is 0 Å². The number of aliphatic hydroxyl groups excluding tert-OH is 1. The van der Waals surface area contributed by atoms with E-state index in [9.17, 15) is 23.1 Å². The number of nitrogens with zero attached hydrogens (tertiary/aromatic N) is 2. The first-order valence-corrected chi connectivity index (χ1v) is 14.0. The Morgan fingerprint density at radius 3 is 2.28 bits per heavy atom. The van der Waals surface area contributed by atoms with E-state index < -0.39 is 21.8 Å². The number of carbonyl (C=O) groups is 2. The SMILES string of the molecule is CN1CCN(S(=O)(=O)c2ccc3[nH]c(-c4cc(-c5ccc(CO)cc5)c(N)c5c4C(=O)NC5=O)cc3c2)CC1. The summed E-state index contributed by atoms with van der Waals surface area (Å²) in [4.78, 5) is 31.1. The van der Waals surface area contributed by atoms with Crippen LogP contribution in [0.5, 0.6) is 0 Å². The van der Waals surface area contributed by atoms with Gasteiger partial charge in [0.25, 0.3) is 11.8 Å². The van der Waals surface area contributed by atoms with Crippen molar-refractivity contribution in [3.63, 3.8) is 0 Å². The number of carbonyl (C=O) groups excluding carboxylic acids is 2. The fourth-order valence-electron chi connectivity index (χ4n) is 5.23. The highest BCUT2D eigenvalue weighted by molar-refractivity contribution is 7.89. The minimum absolute atomic E-state index is 0.107. The van der Waals surface area contributed by atoms with Crippen LogP contribution in [0.25, 0.3) is 33.3 Å². The fraction of sp³-hybridized carbons (Fsp3) is 0.214. The zero-order chi connectivity index (χ0) is 27.5. The van der Waals surface area contributed by atoms with Crippen molar-refractivity contribution >= 4 is 38.4 Å². The van der Waals surface area contributed by atoms with E-state index in [1.54, 1.807) is 54.6 Å². The van der Waals surface area contributed by atoms with E-state index in [1.165, 1.54) is 4.31 Å². The first-order chi connectivity index (χ1) is 18.7. The van der Waals surface area contributed by atoms with Gasteiger partial charge in [0.15, 0.2) is 0 Å². The van der Waals surface area contributed by atoms with E-state index in [2.05, 4.69) is 15.2 Å². The number of benzene rings is 3. The summed E-state index contributed by atoms with van der Waals surface area (Å²) in [5.41, 5.74) is 10.6. The lowest BCUT2D eigenvalue weighted by Gasteiger charge is -2.31. The van der Waals surface area contributed by atoms with Crippen molar-refractivity contribution in [3.05, 3.63) is 71.3 Å². The molecule has 11 heteroatoms. The summed E-state index contributed by atoms with van der Waals surface area (Å²) in [5, 5.41) is 12.4. The molecule has 3 heterocycles. The van der Waals surface area contributed by atoms with Crippen molar-refractivity contribution in [2.45, 2.75) is 11.5 Å². The molecule has 5 N–H and O–H groups in total. The summed E-state index contributed by atoms with van der Waals surface area (Å²) >= 11 is 0. The van der Waals surface area contributed by atoms with Gasteiger partial charge in [-0.2, -0.15) is 4.31 Å². The molecule has 0 spiro atoms. The Morgan fingerprint density at radius 2 is 1.59 bits per heavy atom. The second-order valence-electron chi connectivity index (χ2n) is 9.91. The van der Waals surface area contributed by atoms with Crippen molar-refractivity contribution in [1.82, 2.24) is 19.5 Å². The number of H-pyrrole nitrogens is 1. The Labute approximate surface area is 225 Å². The molecule has 2 aliphatic heterocycles. The number of aromatic nitrogens is 1. The van der Waals surface area contributed by atoms with Crippen LogP contribution >= 0.6 is 0 Å². The molecule has 2 aliphatic rings. The van der Waals surface area contributed by atoms with Crippen LogP contribution in [0.3, 0.4) is 0 Å². The quantitative estimate of drug-likeness (QED) is 0.222. The second kappa shape index (κ2) is 9.31. The first-order valence-electron chi connectivity index (χ1n) is 12.5. The molecule has 4 aromatic rings. The molecule has 6 rings (SSSR count). The number of likely N-dealkylation sites (N-methyl/N-ethyl adjacent to an activating group) is 1. The van der Waals surface area contributed by atoms with Crippen LogP contribution in [-0.4, -0.2) is 72.8 Å². The molecule has 2 amide bonds. The number of sulfonamides is 1. The van der Waals surface area contributed by atoms with Gasteiger partial charge in [-0.3, -0.25) is 14.9 Å². The van der Waals surface area contributed by atoms with Crippen LogP contribution in [0.1, 0.15) is 26.3 Å². The molecule has 39 heavy (non-hydrogen) atoms. The first kappa shape index (κ1) is 25.3. The predicted molar refractivity (Wildman–Crippen MR) is 148 cm³/mol. The topological polar surface area (TPSA) is 149 Å². The minimum Gasteiger partial charge on any atom is -0.398 e. The highest BCUT2D eigenvalue weighted by Gasteiger charge is 2.34. The molecular weight excluding hydrogens is 518 g/mol. The molecule has 0 radical (unpaired) electrons. The summed E-state index contributed by atoms with van der Waals surface area (Å²) < 4.78 is 28.1. The van der Waals surface area contributed by atoms with Gasteiger partial charge in [-0.25, -0.2) is 8.42 Å². The number of hydrogen-bond acceptors (Lipinski definition) is 7. The number of fused-ring (bicyclic) bond motifs is 2. The Balaban J connectivity index is 1.47. The highest BCUT2D eigenvalue weighted by Crippen LogP contribution is 2.40. The third-order valence-electron chi connectivity index (χ3n) is 7.48. The maximum absolute atomic E-state index is 13.3. The van der Waals surface area contributed by atoms with Gasteiger partial charge in [-0.1, -0.05) is 24.3 Å². The standard InChI is InChI=1S/C28H27N5O5S/c1-32-8-10-33(11-9-32)39(37,38)19-6-7-22-18(12-19)13-23(30-22)21-14-20(17-4-2-16(15-34)3-5-17)26(29)25-24(21)27(35)31-28(25)36/h2-7,12-14,30,34H,8-11,15,29H2,1H3,(H,31,35,36). The van der Waals surface area contributed by atoms with E-state index >= 15 is 0 Å². The molecule has 0 saturated carbocycles. The van der Waals surface area contributed by atoms with E-state index in [-0.39, 0.29) is 28.3 Å². The molecule has 200 valence electrons. The van der Waals surface area contributed by atoms with E-state index in [0.717, 1.165) is 11.1 Å². The number of aliphatic hydroxyl groups is 1. The zero-order valence-corrected chi connectivity index (χ0v) is 22.0. The Hall–Kier alpha value is -4.03. The number of nitrogen functional groups attached to an aromatic ring is 1. The van der Waals surface area contributed by atoms with Gasteiger partial charge in [0.05, 0.1) is 28.3 Å².